The Bertz CT molecular complexity index is 325. The molecule has 15 heavy (non-hydrogen) atoms. The summed E-state index contributed by atoms with van der Waals surface area (Å²) in [5.74, 6) is 0. The Kier molecular flexibility index (Phi) is 4.69. The second-order valence-corrected chi connectivity index (χ2v) is 4.53. The smallest absolute Gasteiger partial charge is 0.399 e. The van der Waals surface area contributed by atoms with Crippen LogP contribution in [0.5, 0.6) is 0 Å². The van der Waals surface area contributed by atoms with Gasteiger partial charge in [-0.3, -0.25) is 0 Å². The van der Waals surface area contributed by atoms with Crippen LogP contribution < -0.4 is 10.8 Å². The fourth-order valence-corrected chi connectivity index (χ4v) is 1.79. The first kappa shape index (κ1) is 12.1. The predicted octanol–water partition coefficient (Wildman–Crippen LogP) is 2.44. The molecule has 5 heteroatoms. The average Bonchev–Trinajstić information content (AvgIpc) is 2.16. The zero-order valence-corrected chi connectivity index (χ0v) is 9.83. The average molecular weight is 227 g/mol. The number of hydrogen-bond donors (Lipinski definition) is 2. The summed E-state index contributed by atoms with van der Waals surface area (Å²) in [5.41, 5.74) is 7.30. The van der Waals surface area contributed by atoms with Crippen LogP contribution in [0.15, 0.2) is 24.3 Å². The first-order valence-electron chi connectivity index (χ1n) is 4.80. The highest BCUT2D eigenvalue weighted by Crippen LogP contribution is 2.19. The number of nitrogens with two attached hydrogens (primary N) is 1. The summed E-state index contributed by atoms with van der Waals surface area (Å²) < 4.78 is 16.4. The molecule has 0 bridgehead atoms. The highest BCUT2D eigenvalue weighted by atomic mass is 31.1. The van der Waals surface area contributed by atoms with Gasteiger partial charge in [-0.25, -0.2) is 0 Å². The number of benzene rings is 1. The lowest BCUT2D eigenvalue weighted by atomic mass is 10.2. The van der Waals surface area contributed by atoms with E-state index in [1.165, 1.54) is 0 Å². The summed E-state index contributed by atoms with van der Waals surface area (Å²) in [7, 11) is -1.78. The predicted molar refractivity (Wildman–Crippen MR) is 61.5 cm³/mol. The Morgan fingerprint density at radius 3 is 2.53 bits per heavy atom. The van der Waals surface area contributed by atoms with Gasteiger partial charge in [-0.1, -0.05) is 17.2 Å². The summed E-state index contributed by atoms with van der Waals surface area (Å²) in [6, 6.07) is 7.41. The number of hydrogen-bond acceptors (Lipinski definition) is 3. The van der Waals surface area contributed by atoms with Crippen LogP contribution in [0.4, 0.5) is 5.69 Å². The Balaban J connectivity index is 2.37. The van der Waals surface area contributed by atoms with E-state index in [9.17, 15) is 4.57 Å². The lowest BCUT2D eigenvalue weighted by Gasteiger charge is -1.98. The lowest BCUT2D eigenvalue weighted by molar-refractivity contribution is 0.251. The Hall–Kier alpha value is -0.960. The van der Waals surface area contributed by atoms with Gasteiger partial charge in [0.05, 0.1) is 6.54 Å². The van der Waals surface area contributed by atoms with Crippen LogP contribution in [0.3, 0.4) is 0 Å². The van der Waals surface area contributed by atoms with Gasteiger partial charge in [-0.05, 0) is 36.1 Å². The van der Waals surface area contributed by atoms with Crippen molar-refractivity contribution in [1.82, 2.24) is 5.09 Å². The Morgan fingerprint density at radius 2 is 2.00 bits per heavy atom. The molecule has 1 atom stereocenters. The van der Waals surface area contributed by atoms with Crippen LogP contribution >= 0.6 is 8.18 Å². The van der Waals surface area contributed by atoms with Crippen molar-refractivity contribution in [1.29, 1.82) is 0 Å². The molecule has 0 spiro atoms. The largest absolute Gasteiger partial charge is 0.613 e. The zero-order valence-electron chi connectivity index (χ0n) is 8.93. The summed E-state index contributed by atoms with van der Waals surface area (Å²) >= 11 is 0. The van der Waals surface area contributed by atoms with Gasteiger partial charge in [0.25, 0.3) is 0 Å². The highest BCUT2D eigenvalue weighted by molar-refractivity contribution is 7.36. The van der Waals surface area contributed by atoms with E-state index in [4.69, 9.17) is 10.3 Å². The number of nitrogens with one attached hydrogen (secondary N) is 1. The van der Waals surface area contributed by atoms with Gasteiger partial charge < -0.3 is 5.73 Å². The van der Waals surface area contributed by atoms with Crippen molar-refractivity contribution in [3.05, 3.63) is 29.8 Å². The van der Waals surface area contributed by atoms with Gasteiger partial charge in [-0.2, -0.15) is 0 Å². The molecule has 0 heterocycles. The number of rotatable bonds is 5. The van der Waals surface area contributed by atoms with Gasteiger partial charge in [0.1, 0.15) is 6.10 Å². The molecule has 0 fully saturated rings. The Morgan fingerprint density at radius 1 is 1.40 bits per heavy atom. The molecular weight excluding hydrogens is 211 g/mol. The van der Waals surface area contributed by atoms with E-state index in [1.807, 2.05) is 38.1 Å². The van der Waals surface area contributed by atoms with Crippen molar-refractivity contribution in [2.75, 3.05) is 5.73 Å². The molecule has 1 aromatic rings. The summed E-state index contributed by atoms with van der Waals surface area (Å²) in [6.07, 6.45) is -0.0347. The van der Waals surface area contributed by atoms with Crippen molar-refractivity contribution >= 4 is 13.9 Å². The fraction of sp³-hybridized carbons (Fsp3) is 0.400. The molecule has 0 amide bonds. The molecule has 0 aliphatic rings. The molecule has 1 aromatic carbocycles. The van der Waals surface area contributed by atoms with E-state index in [0.29, 0.717) is 6.54 Å². The minimum atomic E-state index is -1.78. The highest BCUT2D eigenvalue weighted by Gasteiger charge is 2.18. The topological polar surface area (TPSA) is 64.3 Å². The molecule has 0 saturated heterocycles. The van der Waals surface area contributed by atoms with Crippen molar-refractivity contribution in [2.24, 2.45) is 0 Å². The van der Waals surface area contributed by atoms with Crippen LogP contribution in [0.1, 0.15) is 19.4 Å². The monoisotopic (exact) mass is 227 g/mol. The van der Waals surface area contributed by atoms with Crippen molar-refractivity contribution in [2.45, 2.75) is 26.5 Å². The Labute approximate surface area is 90.7 Å². The van der Waals surface area contributed by atoms with Crippen molar-refractivity contribution < 1.29 is 9.09 Å². The third-order valence-electron chi connectivity index (χ3n) is 1.70. The van der Waals surface area contributed by atoms with E-state index >= 15 is 0 Å². The lowest BCUT2D eigenvalue weighted by Crippen LogP contribution is -2.07. The number of anilines is 1. The molecule has 0 saturated carbocycles. The van der Waals surface area contributed by atoms with Crippen LogP contribution in [0.2, 0.25) is 0 Å². The molecular formula is C10H16N2O2P+. The van der Waals surface area contributed by atoms with E-state index < -0.39 is 8.18 Å². The third-order valence-corrected chi connectivity index (χ3v) is 2.73. The van der Waals surface area contributed by atoms with E-state index in [-0.39, 0.29) is 6.10 Å². The van der Waals surface area contributed by atoms with E-state index in [1.54, 1.807) is 0 Å². The van der Waals surface area contributed by atoms with Crippen LogP contribution in [0, 0.1) is 0 Å². The summed E-state index contributed by atoms with van der Waals surface area (Å²) in [4.78, 5) is 0. The molecule has 0 radical (unpaired) electrons. The maximum Gasteiger partial charge on any atom is 0.613 e. The molecule has 0 aromatic heterocycles. The normalized spacial score (nSPS) is 11.8. The third kappa shape index (κ3) is 4.88. The first-order valence-corrected chi connectivity index (χ1v) is 5.97. The second-order valence-electron chi connectivity index (χ2n) is 3.49. The SMILES string of the molecule is CC(C)O[P+](=O)NCc1ccc(N)cc1. The van der Waals surface area contributed by atoms with Crippen LogP contribution in [-0.2, 0) is 15.6 Å². The molecule has 0 aliphatic heterocycles. The maximum absolute atomic E-state index is 11.3. The second kappa shape index (κ2) is 5.81. The van der Waals surface area contributed by atoms with Gasteiger partial charge in [0.15, 0.2) is 0 Å². The molecule has 1 rings (SSSR count). The first-order chi connectivity index (χ1) is 7.08. The quantitative estimate of drug-likeness (QED) is 0.599. The number of nitrogen functional groups attached to an aromatic ring is 1. The molecule has 82 valence electrons. The minimum absolute atomic E-state index is 0.0347. The van der Waals surface area contributed by atoms with E-state index in [0.717, 1.165) is 11.3 Å². The molecule has 4 nitrogen and oxygen atoms in total. The van der Waals surface area contributed by atoms with Gasteiger partial charge in [0.2, 0.25) is 0 Å². The van der Waals surface area contributed by atoms with E-state index in [2.05, 4.69) is 5.09 Å². The summed E-state index contributed by atoms with van der Waals surface area (Å²) in [6.45, 7) is 4.21. The molecule has 3 N–H and O–H groups in total. The standard InChI is InChI=1S/C10H16N2O2P/c1-8(2)14-15(13)12-7-9-3-5-10(11)6-4-9/h3-6,8H,7,11H2,1-2H3,(H,12,13)/q+1. The minimum Gasteiger partial charge on any atom is -0.399 e. The maximum atomic E-state index is 11.3. The fourth-order valence-electron chi connectivity index (χ4n) is 1.02. The summed E-state index contributed by atoms with van der Waals surface area (Å²) in [5, 5.41) is 2.80. The van der Waals surface area contributed by atoms with Crippen LogP contribution in [0.25, 0.3) is 0 Å². The van der Waals surface area contributed by atoms with Crippen LogP contribution in [-0.4, -0.2) is 6.10 Å². The van der Waals surface area contributed by atoms with Crippen molar-refractivity contribution in [3.8, 4) is 0 Å². The van der Waals surface area contributed by atoms with Crippen molar-refractivity contribution in [3.63, 3.8) is 0 Å². The van der Waals surface area contributed by atoms with Gasteiger partial charge >= 0.3 is 8.18 Å². The van der Waals surface area contributed by atoms with Gasteiger partial charge in [0, 0.05) is 5.69 Å². The van der Waals surface area contributed by atoms with Gasteiger partial charge in [-0.15, -0.1) is 4.52 Å². The zero-order chi connectivity index (χ0) is 11.3. The molecule has 1 unspecified atom stereocenters. The molecule has 0 aliphatic carbocycles.